The van der Waals surface area contributed by atoms with Crippen molar-refractivity contribution in [1.82, 2.24) is 0 Å². The van der Waals surface area contributed by atoms with Crippen LogP contribution in [0.5, 0.6) is 0 Å². The molecule has 0 aliphatic heterocycles. The highest BCUT2D eigenvalue weighted by Gasteiger charge is 2.36. The summed E-state index contributed by atoms with van der Waals surface area (Å²) in [6.45, 7) is 6.24. The van der Waals surface area contributed by atoms with Crippen molar-refractivity contribution in [3.8, 4) is 0 Å². The van der Waals surface area contributed by atoms with Gasteiger partial charge in [0.1, 0.15) is 0 Å². The Morgan fingerprint density at radius 1 is 1.17 bits per heavy atom. The average molecular weight is 307 g/mol. The molecule has 12 heavy (non-hydrogen) atoms. The molecule has 0 aromatic heterocycles. The second kappa shape index (κ2) is 4.23. The quantitative estimate of drug-likeness (QED) is 0.544. The van der Waals surface area contributed by atoms with E-state index in [1.807, 2.05) is 0 Å². The maximum Gasteiger partial charge on any atom is 0.434 e. The number of hydrogen-bond donors (Lipinski definition) is 0. The zero-order valence-corrected chi connectivity index (χ0v) is 8.92. The molecule has 0 atom stereocenters. The van der Waals surface area contributed by atoms with Crippen molar-refractivity contribution in [2.24, 2.45) is 4.99 Å². The van der Waals surface area contributed by atoms with Gasteiger partial charge in [0.2, 0.25) is 0 Å². The topological polar surface area (TPSA) is 12.4 Å². The minimum atomic E-state index is -4.52. The van der Waals surface area contributed by atoms with Gasteiger partial charge in [-0.1, -0.05) is 13.2 Å². The van der Waals surface area contributed by atoms with Gasteiger partial charge in [-0.15, -0.1) is 0 Å². The molecule has 0 N–H and O–H groups in total. The minimum absolute atomic E-state index is 0.101. The van der Waals surface area contributed by atoms with Crippen LogP contribution in [-0.4, -0.2) is 11.9 Å². The molecular weight excluding hydrogens is 303 g/mol. The summed E-state index contributed by atoms with van der Waals surface area (Å²) in [4.78, 5) is 3.12. The molecule has 0 radical (unpaired) electrons. The summed E-state index contributed by atoms with van der Waals surface area (Å²) in [5, 5.41) is 0. The van der Waals surface area contributed by atoms with Crippen LogP contribution in [0.3, 0.4) is 0 Å². The van der Waals surface area contributed by atoms with Crippen LogP contribution in [-0.2, 0) is 0 Å². The lowest BCUT2D eigenvalue weighted by atomic mass is 10.3. The van der Waals surface area contributed by atoms with Gasteiger partial charge in [0.15, 0.2) is 5.71 Å². The Hall–Kier alpha value is -0.100. The molecule has 0 rings (SSSR count). The summed E-state index contributed by atoms with van der Waals surface area (Å²) < 4.78 is 35.7. The van der Waals surface area contributed by atoms with Gasteiger partial charge in [0.05, 0.1) is 4.61 Å². The van der Waals surface area contributed by atoms with E-state index in [9.17, 15) is 13.2 Å². The van der Waals surface area contributed by atoms with Crippen molar-refractivity contribution in [3.63, 3.8) is 0 Å². The van der Waals surface area contributed by atoms with E-state index in [1.54, 1.807) is 0 Å². The third-order valence-electron chi connectivity index (χ3n) is 0.759. The summed E-state index contributed by atoms with van der Waals surface area (Å²) in [6.07, 6.45) is -4.52. The fourth-order valence-electron chi connectivity index (χ4n) is 0.399. The number of halogens is 5. The molecule has 6 heteroatoms. The number of alkyl halides is 3. The first kappa shape index (κ1) is 11.9. The van der Waals surface area contributed by atoms with Crippen molar-refractivity contribution in [2.75, 3.05) is 0 Å². The molecule has 0 heterocycles. The molecule has 1 nitrogen and oxygen atoms in total. The number of hydrogen-bond acceptors (Lipinski definition) is 1. The number of allylic oxidation sites excluding steroid dienone is 1. The lowest BCUT2D eigenvalue weighted by Gasteiger charge is -2.07. The zero-order valence-electron chi connectivity index (χ0n) is 5.75. The summed E-state index contributed by atoms with van der Waals surface area (Å²) >= 11 is 5.29. The highest BCUT2D eigenvalue weighted by molar-refractivity contribution is 9.12. The van der Waals surface area contributed by atoms with Gasteiger partial charge in [0.25, 0.3) is 0 Å². The first-order valence-corrected chi connectivity index (χ1v) is 4.19. The molecule has 0 aromatic carbocycles. The van der Waals surface area contributed by atoms with E-state index in [0.717, 1.165) is 0 Å². The lowest BCUT2D eigenvalue weighted by Crippen LogP contribution is -2.22. The third kappa shape index (κ3) is 4.06. The molecule has 0 bridgehead atoms. The molecule has 0 aromatic rings. The Bertz CT molecular complexity index is 242. The van der Waals surface area contributed by atoms with Crippen LogP contribution in [0.25, 0.3) is 0 Å². The van der Waals surface area contributed by atoms with Crippen LogP contribution in [0.2, 0.25) is 0 Å². The highest BCUT2D eigenvalue weighted by Crippen LogP contribution is 2.26. The first-order chi connectivity index (χ1) is 5.25. The molecule has 0 saturated heterocycles. The Balaban J connectivity index is 4.94. The van der Waals surface area contributed by atoms with Crippen LogP contribution in [0.15, 0.2) is 27.2 Å². The maximum atomic E-state index is 12.0. The number of rotatable bonds is 2. The van der Waals surface area contributed by atoms with Gasteiger partial charge < -0.3 is 0 Å². The van der Waals surface area contributed by atoms with Crippen molar-refractivity contribution < 1.29 is 13.2 Å². The standard InChI is InChI=1S/C6H4Br2F3N/c1-3(7)5(6(9,10)11)12-4(2)8/h1-2H2/b12-5+. The maximum absolute atomic E-state index is 12.0. The molecule has 0 fully saturated rings. The predicted octanol–water partition coefficient (Wildman–Crippen LogP) is 3.76. The summed E-state index contributed by atoms with van der Waals surface area (Å²) in [5.41, 5.74) is -1.09. The van der Waals surface area contributed by atoms with Crippen molar-refractivity contribution in [1.29, 1.82) is 0 Å². The van der Waals surface area contributed by atoms with Crippen molar-refractivity contribution in [2.45, 2.75) is 6.18 Å². The van der Waals surface area contributed by atoms with E-state index in [0.29, 0.717) is 0 Å². The first-order valence-electron chi connectivity index (χ1n) is 2.60. The fourth-order valence-corrected chi connectivity index (χ4v) is 0.890. The van der Waals surface area contributed by atoms with E-state index in [2.05, 4.69) is 50.0 Å². The molecular formula is C6H4Br2F3N. The third-order valence-corrected chi connectivity index (χ3v) is 1.31. The van der Waals surface area contributed by atoms with Gasteiger partial charge in [-0.2, -0.15) is 13.2 Å². The van der Waals surface area contributed by atoms with E-state index in [4.69, 9.17) is 0 Å². The van der Waals surface area contributed by atoms with Crippen LogP contribution >= 0.6 is 31.9 Å². The van der Waals surface area contributed by atoms with E-state index in [-0.39, 0.29) is 9.09 Å². The van der Waals surface area contributed by atoms with Gasteiger partial charge in [0, 0.05) is 4.48 Å². The van der Waals surface area contributed by atoms with Gasteiger partial charge in [-0.05, 0) is 31.9 Å². The van der Waals surface area contributed by atoms with E-state index >= 15 is 0 Å². The summed E-state index contributed by atoms with van der Waals surface area (Å²) in [6, 6.07) is 0. The second-order valence-electron chi connectivity index (χ2n) is 1.74. The zero-order chi connectivity index (χ0) is 9.94. The Morgan fingerprint density at radius 2 is 1.58 bits per heavy atom. The molecule has 0 saturated carbocycles. The minimum Gasteiger partial charge on any atom is -0.236 e. The second-order valence-corrected chi connectivity index (χ2v) is 3.61. The molecule has 0 aliphatic carbocycles. The SMILES string of the molecule is C=C(Br)/N=C(\C(=C)Br)C(F)(F)F. The largest absolute Gasteiger partial charge is 0.434 e. The molecule has 0 unspecified atom stereocenters. The molecule has 0 spiro atoms. The molecule has 68 valence electrons. The van der Waals surface area contributed by atoms with Crippen LogP contribution in [0, 0.1) is 0 Å². The van der Waals surface area contributed by atoms with Gasteiger partial charge in [-0.3, -0.25) is 0 Å². The average Bonchev–Trinajstić information content (AvgIpc) is 1.79. The molecule has 0 amide bonds. The van der Waals surface area contributed by atoms with Crippen LogP contribution in [0.4, 0.5) is 13.2 Å². The fraction of sp³-hybridized carbons (Fsp3) is 0.167. The highest BCUT2D eigenvalue weighted by atomic mass is 79.9. The van der Waals surface area contributed by atoms with Gasteiger partial charge >= 0.3 is 6.18 Å². The Kier molecular flexibility index (Phi) is 4.19. The lowest BCUT2D eigenvalue weighted by molar-refractivity contribution is -0.0577. The van der Waals surface area contributed by atoms with Gasteiger partial charge in [-0.25, -0.2) is 4.99 Å². The van der Waals surface area contributed by atoms with Crippen molar-refractivity contribution in [3.05, 3.63) is 22.2 Å². The number of aliphatic imine (C=N–C) groups is 1. The Morgan fingerprint density at radius 3 is 1.67 bits per heavy atom. The van der Waals surface area contributed by atoms with E-state index in [1.165, 1.54) is 0 Å². The predicted molar refractivity (Wildman–Crippen MR) is 49.6 cm³/mol. The van der Waals surface area contributed by atoms with E-state index < -0.39 is 11.9 Å². The Labute approximate surface area is 84.3 Å². The van der Waals surface area contributed by atoms with Crippen LogP contribution < -0.4 is 0 Å². The van der Waals surface area contributed by atoms with Crippen LogP contribution in [0.1, 0.15) is 0 Å². The summed E-state index contributed by atoms with van der Waals surface area (Å²) in [5.74, 6) is 0. The molecule has 0 aliphatic rings. The van der Waals surface area contributed by atoms with Crippen molar-refractivity contribution >= 4 is 37.6 Å². The number of nitrogens with zero attached hydrogens (tertiary/aromatic N) is 1. The smallest absolute Gasteiger partial charge is 0.236 e. The monoisotopic (exact) mass is 305 g/mol. The normalized spacial score (nSPS) is 12.9. The summed E-state index contributed by atoms with van der Waals surface area (Å²) in [7, 11) is 0.